The van der Waals surface area contributed by atoms with E-state index in [0.717, 1.165) is 18.9 Å². The van der Waals surface area contributed by atoms with E-state index in [2.05, 4.69) is 18.3 Å². The molecule has 0 aromatic carbocycles. The third kappa shape index (κ3) is 1.21. The molecule has 3 rings (SSSR count). The maximum absolute atomic E-state index is 5.59. The van der Waals surface area contributed by atoms with Crippen molar-refractivity contribution in [1.29, 1.82) is 0 Å². The van der Waals surface area contributed by atoms with Crippen molar-refractivity contribution in [3.05, 3.63) is 23.7 Å². The van der Waals surface area contributed by atoms with Crippen LogP contribution in [0.25, 0.3) is 0 Å². The smallest absolute Gasteiger partial charge is 0.110 e. The first-order valence-electron chi connectivity index (χ1n) is 6.18. The summed E-state index contributed by atoms with van der Waals surface area (Å²) in [7, 11) is 0. The van der Waals surface area contributed by atoms with Crippen molar-refractivity contribution in [2.24, 2.45) is 5.92 Å². The summed E-state index contributed by atoms with van der Waals surface area (Å²) in [4.78, 5) is 0. The van der Waals surface area contributed by atoms with E-state index in [9.17, 15) is 0 Å². The van der Waals surface area contributed by atoms with Crippen LogP contribution in [0.2, 0.25) is 0 Å². The molecule has 1 fully saturated rings. The van der Waals surface area contributed by atoms with E-state index in [1.54, 1.807) is 0 Å². The normalized spacial score (nSPS) is 31.0. The van der Waals surface area contributed by atoms with Gasteiger partial charge in [0, 0.05) is 24.1 Å². The molecule has 1 aliphatic heterocycles. The van der Waals surface area contributed by atoms with Crippen LogP contribution in [0.15, 0.2) is 16.7 Å². The van der Waals surface area contributed by atoms with Crippen LogP contribution in [-0.4, -0.2) is 6.54 Å². The first kappa shape index (κ1) is 9.46. The first-order chi connectivity index (χ1) is 7.37. The Hall–Kier alpha value is -0.760. The molecule has 1 aliphatic carbocycles. The van der Waals surface area contributed by atoms with Gasteiger partial charge in [-0.25, -0.2) is 0 Å². The minimum absolute atomic E-state index is 0.235. The van der Waals surface area contributed by atoms with E-state index < -0.39 is 0 Å². The molecule has 1 saturated carbocycles. The minimum Gasteiger partial charge on any atom is -0.469 e. The predicted molar refractivity (Wildman–Crippen MR) is 59.7 cm³/mol. The van der Waals surface area contributed by atoms with Crippen molar-refractivity contribution in [3.8, 4) is 0 Å². The Morgan fingerprint density at radius 1 is 1.53 bits per heavy atom. The van der Waals surface area contributed by atoms with Crippen molar-refractivity contribution in [1.82, 2.24) is 5.32 Å². The summed E-state index contributed by atoms with van der Waals surface area (Å²) in [6.45, 7) is 3.37. The van der Waals surface area contributed by atoms with Gasteiger partial charge in [-0.05, 0) is 31.2 Å². The molecule has 2 heterocycles. The lowest BCUT2D eigenvalue weighted by atomic mass is 9.65. The molecule has 0 saturated heterocycles. The molecule has 2 nitrogen and oxygen atoms in total. The van der Waals surface area contributed by atoms with E-state index in [0.29, 0.717) is 0 Å². The van der Waals surface area contributed by atoms with Crippen LogP contribution in [0.4, 0.5) is 0 Å². The largest absolute Gasteiger partial charge is 0.469 e. The van der Waals surface area contributed by atoms with Crippen molar-refractivity contribution in [2.75, 3.05) is 6.54 Å². The number of furan rings is 1. The van der Waals surface area contributed by atoms with Crippen LogP contribution in [0, 0.1) is 5.92 Å². The Bertz CT molecular complexity index is 353. The Morgan fingerprint density at radius 2 is 2.40 bits per heavy atom. The lowest BCUT2D eigenvalue weighted by molar-refractivity contribution is 0.109. The van der Waals surface area contributed by atoms with Gasteiger partial charge in [0.15, 0.2) is 0 Å². The second-order valence-corrected chi connectivity index (χ2v) is 4.89. The zero-order valence-corrected chi connectivity index (χ0v) is 9.38. The highest BCUT2D eigenvalue weighted by Gasteiger charge is 2.45. The Morgan fingerprint density at radius 3 is 3.07 bits per heavy atom. The maximum Gasteiger partial charge on any atom is 0.110 e. The highest BCUT2D eigenvalue weighted by molar-refractivity contribution is 5.31. The van der Waals surface area contributed by atoms with Gasteiger partial charge in [-0.15, -0.1) is 0 Å². The molecular weight excluding hydrogens is 186 g/mol. The molecule has 2 heteroatoms. The molecule has 15 heavy (non-hydrogen) atoms. The molecular formula is C13H19NO. The summed E-state index contributed by atoms with van der Waals surface area (Å²) in [5.74, 6) is 2.06. The van der Waals surface area contributed by atoms with E-state index >= 15 is 0 Å². The summed E-state index contributed by atoms with van der Waals surface area (Å²) in [5.41, 5.74) is 1.68. The van der Waals surface area contributed by atoms with E-state index in [1.807, 2.05) is 6.26 Å². The molecule has 82 valence electrons. The van der Waals surface area contributed by atoms with Gasteiger partial charge in [0.1, 0.15) is 5.76 Å². The third-order valence-corrected chi connectivity index (χ3v) is 4.38. The number of hydrogen-bond acceptors (Lipinski definition) is 2. The van der Waals surface area contributed by atoms with Gasteiger partial charge in [-0.2, -0.15) is 0 Å². The molecule has 1 unspecified atom stereocenters. The molecule has 1 N–H and O–H groups in total. The summed E-state index contributed by atoms with van der Waals surface area (Å²) in [5, 5.41) is 3.77. The summed E-state index contributed by atoms with van der Waals surface area (Å²) in [6, 6.07) is 2.18. The van der Waals surface area contributed by atoms with Gasteiger partial charge >= 0.3 is 0 Å². The zero-order valence-electron chi connectivity index (χ0n) is 9.38. The van der Waals surface area contributed by atoms with E-state index in [-0.39, 0.29) is 5.54 Å². The van der Waals surface area contributed by atoms with Crippen LogP contribution in [0.1, 0.15) is 43.9 Å². The van der Waals surface area contributed by atoms with Crippen molar-refractivity contribution in [3.63, 3.8) is 0 Å². The lowest BCUT2D eigenvalue weighted by Crippen LogP contribution is -2.53. The quantitative estimate of drug-likeness (QED) is 0.803. The Kier molecular flexibility index (Phi) is 2.13. The second kappa shape index (κ2) is 3.38. The van der Waals surface area contributed by atoms with Gasteiger partial charge in [0.05, 0.1) is 6.26 Å². The summed E-state index contributed by atoms with van der Waals surface area (Å²) in [6.07, 6.45) is 8.26. The van der Waals surface area contributed by atoms with Crippen molar-refractivity contribution < 1.29 is 4.42 Å². The number of nitrogens with one attached hydrogen (secondary N) is 1. The topological polar surface area (TPSA) is 25.2 Å². The maximum atomic E-state index is 5.59. The fourth-order valence-corrected chi connectivity index (χ4v) is 3.30. The fourth-order valence-electron chi connectivity index (χ4n) is 3.30. The molecule has 0 amide bonds. The van der Waals surface area contributed by atoms with Crippen molar-refractivity contribution in [2.45, 2.75) is 44.6 Å². The number of rotatable bonds is 2. The SMILES string of the molecule is CCC1(C2CCC2)NCCc2occc21. The fraction of sp³-hybridized carbons (Fsp3) is 0.692. The molecule has 0 radical (unpaired) electrons. The van der Waals surface area contributed by atoms with Crippen LogP contribution in [0.3, 0.4) is 0 Å². The molecule has 2 aliphatic rings. The molecule has 0 spiro atoms. The summed E-state index contributed by atoms with van der Waals surface area (Å²) >= 11 is 0. The van der Waals surface area contributed by atoms with Crippen LogP contribution in [0.5, 0.6) is 0 Å². The average Bonchev–Trinajstić information content (AvgIpc) is 2.64. The summed E-state index contributed by atoms with van der Waals surface area (Å²) < 4.78 is 5.59. The zero-order chi connectivity index (χ0) is 10.3. The molecule has 1 aromatic rings. The van der Waals surface area contributed by atoms with E-state index in [4.69, 9.17) is 4.42 Å². The monoisotopic (exact) mass is 205 g/mol. The van der Waals surface area contributed by atoms with Gasteiger partial charge < -0.3 is 9.73 Å². The Balaban J connectivity index is 2.03. The lowest BCUT2D eigenvalue weighted by Gasteiger charge is -2.47. The van der Waals surface area contributed by atoms with Crippen molar-refractivity contribution >= 4 is 0 Å². The van der Waals surface area contributed by atoms with Gasteiger partial charge in [0.2, 0.25) is 0 Å². The van der Waals surface area contributed by atoms with Crippen LogP contribution < -0.4 is 5.32 Å². The second-order valence-electron chi connectivity index (χ2n) is 4.89. The predicted octanol–water partition coefficient (Wildman–Crippen LogP) is 2.83. The highest BCUT2D eigenvalue weighted by atomic mass is 16.3. The highest BCUT2D eigenvalue weighted by Crippen LogP contribution is 2.47. The molecule has 1 aromatic heterocycles. The first-order valence-corrected chi connectivity index (χ1v) is 6.18. The van der Waals surface area contributed by atoms with Crippen LogP contribution in [-0.2, 0) is 12.0 Å². The third-order valence-electron chi connectivity index (χ3n) is 4.38. The minimum atomic E-state index is 0.235. The van der Waals surface area contributed by atoms with Gasteiger partial charge in [-0.1, -0.05) is 13.3 Å². The molecule has 1 atom stereocenters. The molecule has 0 bridgehead atoms. The number of fused-ring (bicyclic) bond motifs is 1. The van der Waals surface area contributed by atoms with E-state index in [1.165, 1.54) is 37.0 Å². The standard InChI is InChI=1S/C13H19NO/c1-2-13(10-4-3-5-10)11-7-9-15-12(11)6-8-14-13/h7,9-10,14H,2-6,8H2,1H3. The van der Waals surface area contributed by atoms with Gasteiger partial charge in [-0.3, -0.25) is 0 Å². The van der Waals surface area contributed by atoms with Crippen LogP contribution >= 0.6 is 0 Å². The average molecular weight is 205 g/mol. The Labute approximate surface area is 91.0 Å². The number of hydrogen-bond donors (Lipinski definition) is 1. The van der Waals surface area contributed by atoms with Gasteiger partial charge in [0.25, 0.3) is 0 Å².